The number of rotatable bonds is 3. The van der Waals surface area contributed by atoms with Crippen molar-refractivity contribution < 1.29 is 13.2 Å². The van der Waals surface area contributed by atoms with Gasteiger partial charge in [0.25, 0.3) is 0 Å². The Morgan fingerprint density at radius 2 is 1.71 bits per heavy atom. The molecule has 0 aliphatic carbocycles. The normalized spacial score (nSPS) is 25.9. The van der Waals surface area contributed by atoms with Gasteiger partial charge < -0.3 is 0 Å². The molecular weight excluding hydrogens is 227 g/mol. The van der Waals surface area contributed by atoms with Crippen molar-refractivity contribution >= 4 is 0 Å². The van der Waals surface area contributed by atoms with E-state index in [0.717, 1.165) is 19.3 Å². The zero-order chi connectivity index (χ0) is 13.6. The predicted molar refractivity (Wildman–Crippen MR) is 66.0 cm³/mol. The molecule has 1 nitrogen and oxygen atoms in total. The Hall–Kier alpha value is -0.250. The van der Waals surface area contributed by atoms with E-state index >= 15 is 0 Å². The Balaban J connectivity index is 0.00000121. The van der Waals surface area contributed by atoms with Gasteiger partial charge in [-0.05, 0) is 32.1 Å². The summed E-state index contributed by atoms with van der Waals surface area (Å²) in [5.41, 5.74) is 0. The molecule has 0 aromatic heterocycles. The minimum atomic E-state index is -4.06. The van der Waals surface area contributed by atoms with Crippen LogP contribution in [0.5, 0.6) is 0 Å². The van der Waals surface area contributed by atoms with E-state index in [0.29, 0.717) is 5.92 Å². The highest BCUT2D eigenvalue weighted by Gasteiger charge is 2.39. The molecule has 0 saturated carbocycles. The summed E-state index contributed by atoms with van der Waals surface area (Å²) in [6, 6.07) is 0.206. The van der Waals surface area contributed by atoms with Crippen molar-refractivity contribution in [2.45, 2.75) is 72.1 Å². The van der Waals surface area contributed by atoms with Crippen molar-refractivity contribution in [3.63, 3.8) is 0 Å². The summed E-state index contributed by atoms with van der Waals surface area (Å²) >= 11 is 0. The van der Waals surface area contributed by atoms with Gasteiger partial charge in [-0.2, -0.15) is 13.2 Å². The van der Waals surface area contributed by atoms with Crippen LogP contribution in [0, 0.1) is 5.92 Å². The monoisotopic (exact) mass is 253 g/mol. The lowest BCUT2D eigenvalue weighted by molar-refractivity contribution is -0.152. The van der Waals surface area contributed by atoms with Gasteiger partial charge in [0.15, 0.2) is 0 Å². The van der Waals surface area contributed by atoms with Gasteiger partial charge in [0.2, 0.25) is 0 Å². The van der Waals surface area contributed by atoms with Gasteiger partial charge in [-0.3, -0.25) is 4.90 Å². The van der Waals surface area contributed by atoms with Gasteiger partial charge in [-0.15, -0.1) is 0 Å². The lowest BCUT2D eigenvalue weighted by Crippen LogP contribution is -2.42. The Morgan fingerprint density at radius 3 is 2.12 bits per heavy atom. The van der Waals surface area contributed by atoms with Gasteiger partial charge in [0.1, 0.15) is 0 Å². The number of hydrogen-bond acceptors (Lipinski definition) is 1. The van der Waals surface area contributed by atoms with Crippen molar-refractivity contribution in [2.24, 2.45) is 5.92 Å². The van der Waals surface area contributed by atoms with E-state index in [1.807, 2.05) is 20.8 Å². The van der Waals surface area contributed by atoms with Crippen molar-refractivity contribution in [3.8, 4) is 0 Å². The number of nitrogens with zero attached hydrogens (tertiary/aromatic N) is 1. The fraction of sp³-hybridized carbons (Fsp3) is 1.00. The van der Waals surface area contributed by atoms with Crippen LogP contribution >= 0.6 is 0 Å². The fourth-order valence-corrected chi connectivity index (χ4v) is 2.41. The van der Waals surface area contributed by atoms with Crippen LogP contribution in [0.3, 0.4) is 0 Å². The van der Waals surface area contributed by atoms with Gasteiger partial charge in [-0.25, -0.2) is 0 Å². The van der Waals surface area contributed by atoms with Crippen LogP contribution in [-0.2, 0) is 0 Å². The van der Waals surface area contributed by atoms with E-state index in [-0.39, 0.29) is 12.1 Å². The topological polar surface area (TPSA) is 3.24 Å². The van der Waals surface area contributed by atoms with E-state index in [4.69, 9.17) is 0 Å². The maximum atomic E-state index is 12.3. The molecule has 0 aromatic rings. The van der Waals surface area contributed by atoms with Gasteiger partial charge in [0, 0.05) is 12.1 Å². The first kappa shape index (κ1) is 16.8. The molecule has 0 amide bonds. The average molecular weight is 253 g/mol. The largest absolute Gasteiger partial charge is 0.401 e. The second-order valence-electron chi connectivity index (χ2n) is 5.00. The van der Waals surface area contributed by atoms with Crippen LogP contribution in [0.15, 0.2) is 0 Å². The van der Waals surface area contributed by atoms with E-state index in [9.17, 15) is 13.2 Å². The van der Waals surface area contributed by atoms with Crippen LogP contribution in [0.25, 0.3) is 0 Å². The Labute approximate surface area is 103 Å². The minimum Gasteiger partial charge on any atom is -0.289 e. The predicted octanol–water partition coefficient (Wildman–Crippen LogP) is 4.47. The maximum absolute atomic E-state index is 12.3. The summed E-state index contributed by atoms with van der Waals surface area (Å²) in [5, 5.41) is 0. The molecule has 2 atom stereocenters. The third-order valence-electron chi connectivity index (χ3n) is 3.06. The Kier molecular flexibility index (Phi) is 7.14. The first-order valence-electron chi connectivity index (χ1n) is 6.62. The zero-order valence-corrected chi connectivity index (χ0v) is 11.6. The lowest BCUT2D eigenvalue weighted by Gasteiger charge is -2.30. The first-order chi connectivity index (χ1) is 7.79. The smallest absolute Gasteiger partial charge is 0.289 e. The SMILES string of the molecule is CC.CC(C)CC1CCC(C)N1CC(F)(F)F. The molecule has 1 rings (SSSR count). The summed E-state index contributed by atoms with van der Waals surface area (Å²) in [6.45, 7) is 9.28. The minimum absolute atomic E-state index is 0.0791. The summed E-state index contributed by atoms with van der Waals surface area (Å²) in [4.78, 5) is 1.62. The van der Waals surface area contributed by atoms with Crippen LogP contribution < -0.4 is 0 Å². The van der Waals surface area contributed by atoms with Gasteiger partial charge in [0.05, 0.1) is 6.54 Å². The molecule has 17 heavy (non-hydrogen) atoms. The number of hydrogen-bond donors (Lipinski definition) is 0. The quantitative estimate of drug-likeness (QED) is 0.717. The molecule has 1 aliphatic heterocycles. The average Bonchev–Trinajstić information content (AvgIpc) is 2.50. The summed E-state index contributed by atoms with van der Waals surface area (Å²) in [6.07, 6.45) is -1.38. The van der Waals surface area contributed by atoms with Crippen molar-refractivity contribution in [1.82, 2.24) is 4.90 Å². The zero-order valence-electron chi connectivity index (χ0n) is 11.6. The van der Waals surface area contributed by atoms with Crippen LogP contribution in [0.4, 0.5) is 13.2 Å². The summed E-state index contributed by atoms with van der Waals surface area (Å²) in [5.74, 6) is 0.469. The molecule has 1 aliphatic rings. The molecule has 0 bridgehead atoms. The molecule has 0 spiro atoms. The van der Waals surface area contributed by atoms with Crippen LogP contribution in [0.2, 0.25) is 0 Å². The molecule has 4 heteroatoms. The van der Waals surface area contributed by atoms with E-state index < -0.39 is 12.7 Å². The highest BCUT2D eigenvalue weighted by Crippen LogP contribution is 2.31. The second kappa shape index (κ2) is 7.24. The van der Waals surface area contributed by atoms with Gasteiger partial charge >= 0.3 is 6.18 Å². The molecular formula is C13H26F3N. The molecule has 1 fully saturated rings. The number of likely N-dealkylation sites (tertiary alicyclic amines) is 1. The summed E-state index contributed by atoms with van der Waals surface area (Å²) < 4.78 is 37.0. The molecule has 1 heterocycles. The third kappa shape index (κ3) is 6.29. The van der Waals surface area contributed by atoms with E-state index in [1.165, 1.54) is 0 Å². The standard InChI is InChI=1S/C11H20F3N.C2H6/c1-8(2)6-10-5-4-9(3)15(10)7-11(12,13)14;1-2/h8-10H,4-7H2,1-3H3;1-2H3. The maximum Gasteiger partial charge on any atom is 0.401 e. The first-order valence-corrected chi connectivity index (χ1v) is 6.62. The second-order valence-corrected chi connectivity index (χ2v) is 5.00. The summed E-state index contributed by atoms with van der Waals surface area (Å²) in [7, 11) is 0. The van der Waals surface area contributed by atoms with Crippen molar-refractivity contribution in [2.75, 3.05) is 6.54 Å². The highest BCUT2D eigenvalue weighted by molar-refractivity contribution is 4.86. The third-order valence-corrected chi connectivity index (χ3v) is 3.06. The fourth-order valence-electron chi connectivity index (χ4n) is 2.41. The Bertz CT molecular complexity index is 201. The van der Waals surface area contributed by atoms with Crippen LogP contribution in [0.1, 0.15) is 53.9 Å². The van der Waals surface area contributed by atoms with E-state index in [1.54, 1.807) is 4.90 Å². The molecule has 104 valence electrons. The van der Waals surface area contributed by atoms with Crippen molar-refractivity contribution in [3.05, 3.63) is 0 Å². The lowest BCUT2D eigenvalue weighted by atomic mass is 10.0. The number of halogens is 3. The highest BCUT2D eigenvalue weighted by atomic mass is 19.4. The van der Waals surface area contributed by atoms with Gasteiger partial charge in [-0.1, -0.05) is 27.7 Å². The van der Waals surface area contributed by atoms with E-state index in [2.05, 4.69) is 13.8 Å². The van der Waals surface area contributed by atoms with Crippen LogP contribution in [-0.4, -0.2) is 29.7 Å². The molecule has 0 N–H and O–H groups in total. The molecule has 0 radical (unpaired) electrons. The number of alkyl halides is 3. The molecule has 2 unspecified atom stereocenters. The molecule has 1 saturated heterocycles. The van der Waals surface area contributed by atoms with Crippen molar-refractivity contribution in [1.29, 1.82) is 0 Å². The Morgan fingerprint density at radius 1 is 1.18 bits per heavy atom. The molecule has 0 aromatic carbocycles.